The minimum absolute atomic E-state index is 0. The fraction of sp³-hybridized carbons (Fsp3) is 1.00. The van der Waals surface area contributed by atoms with Crippen molar-refractivity contribution >= 4 is 8.97 Å². The van der Waals surface area contributed by atoms with E-state index in [9.17, 15) is 0 Å². The van der Waals surface area contributed by atoms with E-state index in [2.05, 4.69) is 21.0 Å². The van der Waals surface area contributed by atoms with Crippen LogP contribution in [-0.4, -0.2) is 61.1 Å². The molecule has 7 heteroatoms. The van der Waals surface area contributed by atoms with Crippen LogP contribution in [0.3, 0.4) is 0 Å². The Balaban J connectivity index is 0. The van der Waals surface area contributed by atoms with Crippen molar-refractivity contribution in [3.8, 4) is 0 Å². The van der Waals surface area contributed by atoms with Crippen molar-refractivity contribution in [1.29, 1.82) is 0 Å². The molecule has 0 aliphatic heterocycles. The molecule has 0 unspecified atom stereocenters. The molecule has 0 atom stereocenters. The lowest BCUT2D eigenvalue weighted by molar-refractivity contribution is -0.819. The van der Waals surface area contributed by atoms with E-state index >= 15 is 0 Å². The number of hydrogen-bond donors (Lipinski definition) is 1. The largest absolute Gasteiger partial charge is 1.00 e. The van der Waals surface area contributed by atoms with E-state index in [1.807, 2.05) is 0 Å². The van der Waals surface area contributed by atoms with Crippen LogP contribution in [0.4, 0.5) is 0 Å². The first-order chi connectivity index (χ1) is 12.5. The molecular weight excluding hydrogens is 380 g/mol. The molecule has 0 aromatic heterocycles. The highest BCUT2D eigenvalue weighted by Gasteiger charge is 2.60. The molecule has 0 saturated carbocycles. The predicted octanol–water partition coefficient (Wildman–Crippen LogP) is 1.47. The van der Waals surface area contributed by atoms with Crippen LogP contribution in [0, 0.1) is 0 Å². The molecule has 0 saturated heterocycles. The number of nitrogens with zero attached hydrogens (tertiary/aromatic N) is 1. The number of rotatable bonds is 19. The summed E-state index contributed by atoms with van der Waals surface area (Å²) in [7, 11) is 4.93. The van der Waals surface area contributed by atoms with Crippen molar-refractivity contribution in [3.63, 3.8) is 0 Å². The normalized spacial score (nSPS) is 12.2. The quantitative estimate of drug-likeness (QED) is 0.251. The Kier molecular flexibility index (Phi) is 20.0. The number of nitrogens with two attached hydrogens (primary N) is 1. The summed E-state index contributed by atoms with van der Waals surface area (Å²) in [6.45, 7) is 4.58. The van der Waals surface area contributed by atoms with Crippen LogP contribution in [0.2, 0.25) is 0 Å². The molecule has 0 fully saturated rings. The third-order valence-corrected chi connectivity index (χ3v) is 8.52. The molecule has 2 N–H and O–H groups in total. The monoisotopic (exact) mass is 426 g/mol. The molecule has 0 aromatic rings. The first kappa shape index (κ1) is 29.5. The smallest absolute Gasteiger partial charge is 0.783 e. The van der Waals surface area contributed by atoms with Crippen molar-refractivity contribution < 1.29 is 29.8 Å². The highest BCUT2D eigenvalue weighted by molar-refractivity contribution is 6.52. The van der Waals surface area contributed by atoms with Crippen LogP contribution < -0.4 is 18.1 Å². The van der Waals surface area contributed by atoms with Crippen LogP contribution in [0.1, 0.15) is 84.0 Å². The highest BCUT2D eigenvalue weighted by atomic mass is 35.5. The minimum atomic E-state index is -2.72. The summed E-state index contributed by atoms with van der Waals surface area (Å²) in [5.41, 5.74) is 5.66. The lowest BCUT2D eigenvalue weighted by atomic mass is 10.1. The first-order valence-electron chi connectivity index (χ1n) is 10.8. The van der Waals surface area contributed by atoms with Gasteiger partial charge in [0, 0.05) is 27.2 Å². The van der Waals surface area contributed by atoms with E-state index in [1.54, 1.807) is 14.2 Å². The molecule has 5 nitrogen and oxygen atoms in total. The topological polar surface area (TPSA) is 53.7 Å². The van der Waals surface area contributed by atoms with E-state index < -0.39 is 8.97 Å². The Hall–Kier alpha value is 0.307. The van der Waals surface area contributed by atoms with Gasteiger partial charge in [0.05, 0.1) is 20.6 Å². The molecule has 0 spiro atoms. The Labute approximate surface area is 176 Å². The third kappa shape index (κ3) is 12.5. The molecule has 0 aromatic carbocycles. The summed E-state index contributed by atoms with van der Waals surface area (Å²) in [5, 5.41) is 0. The predicted molar refractivity (Wildman–Crippen MR) is 113 cm³/mol. The highest BCUT2D eigenvalue weighted by Crippen LogP contribution is 2.21. The Morgan fingerprint density at radius 3 is 1.59 bits per heavy atom. The Morgan fingerprint density at radius 1 is 0.741 bits per heavy atom. The average molecular weight is 427 g/mol. The molecule has 27 heavy (non-hydrogen) atoms. The molecular formula is C20H47ClN2O3Si. The van der Waals surface area contributed by atoms with Crippen LogP contribution in [0.5, 0.6) is 0 Å². The van der Waals surface area contributed by atoms with Gasteiger partial charge in [0.2, 0.25) is 0 Å². The van der Waals surface area contributed by atoms with Gasteiger partial charge in [-0.2, -0.15) is 0 Å². The maximum atomic E-state index is 6.20. The van der Waals surface area contributed by atoms with Crippen molar-refractivity contribution in [2.75, 3.05) is 48.0 Å². The SMILES string of the molecule is CCCCCCCCCCCCCO[Si](OC)(OC)[N+](C)(C)CCCN.[Cl-]. The fourth-order valence-electron chi connectivity index (χ4n) is 3.46. The van der Waals surface area contributed by atoms with Gasteiger partial charge in [-0.1, -0.05) is 71.1 Å². The van der Waals surface area contributed by atoms with Crippen molar-refractivity contribution in [2.45, 2.75) is 84.0 Å². The molecule has 0 heterocycles. The molecule has 0 rings (SSSR count). The summed E-state index contributed by atoms with van der Waals surface area (Å²) < 4.78 is 18.4. The van der Waals surface area contributed by atoms with E-state index in [1.165, 1.54) is 64.2 Å². The van der Waals surface area contributed by atoms with E-state index in [4.69, 9.17) is 19.0 Å². The number of hydrogen-bond acceptors (Lipinski definition) is 4. The standard InChI is InChI=1S/C20H47N2O3Si.ClH/c1-6-7-8-9-10-11-12-13-14-15-16-20-25-26(23-4,24-5)22(2,3)19-17-18-21;/h6-21H2,1-5H3;1H/q+1;/p-1. The van der Waals surface area contributed by atoms with Gasteiger partial charge in [0.25, 0.3) is 0 Å². The van der Waals surface area contributed by atoms with Gasteiger partial charge in [-0.25, -0.2) is 0 Å². The van der Waals surface area contributed by atoms with Gasteiger partial charge < -0.3 is 35.6 Å². The average Bonchev–Trinajstić information content (AvgIpc) is 2.64. The summed E-state index contributed by atoms with van der Waals surface area (Å²) in [4.78, 5) is 0. The maximum absolute atomic E-state index is 6.20. The lowest BCUT2D eigenvalue weighted by Crippen LogP contribution is -3.00. The number of quaternary nitrogens is 1. The zero-order valence-corrected chi connectivity index (χ0v) is 20.5. The van der Waals surface area contributed by atoms with Gasteiger partial charge in [-0.15, -0.1) is 0 Å². The molecule has 0 radical (unpaired) electrons. The summed E-state index contributed by atoms with van der Waals surface area (Å²) in [5.74, 6) is 0. The number of unbranched alkanes of at least 4 members (excludes halogenated alkanes) is 10. The molecule has 0 aliphatic rings. The van der Waals surface area contributed by atoms with Crippen molar-refractivity contribution in [1.82, 2.24) is 0 Å². The van der Waals surface area contributed by atoms with Crippen molar-refractivity contribution in [2.24, 2.45) is 5.73 Å². The van der Waals surface area contributed by atoms with Crippen LogP contribution in [0.15, 0.2) is 0 Å². The zero-order valence-electron chi connectivity index (χ0n) is 18.7. The second-order valence-corrected chi connectivity index (χ2v) is 11.2. The minimum Gasteiger partial charge on any atom is -1.00 e. The molecule has 0 bridgehead atoms. The maximum Gasteiger partial charge on any atom is 0.783 e. The fourth-order valence-corrected chi connectivity index (χ4v) is 6.04. The van der Waals surface area contributed by atoms with Gasteiger partial charge in [-0.05, 0) is 13.0 Å². The Bertz CT molecular complexity index is 320. The van der Waals surface area contributed by atoms with Crippen LogP contribution >= 0.6 is 0 Å². The molecule has 166 valence electrons. The molecule has 0 aliphatic carbocycles. The lowest BCUT2D eigenvalue weighted by Gasteiger charge is -2.40. The van der Waals surface area contributed by atoms with Gasteiger partial charge >= 0.3 is 8.97 Å². The van der Waals surface area contributed by atoms with Crippen molar-refractivity contribution in [3.05, 3.63) is 0 Å². The van der Waals surface area contributed by atoms with Crippen LogP contribution in [-0.2, 0) is 13.3 Å². The van der Waals surface area contributed by atoms with E-state index in [-0.39, 0.29) is 12.4 Å². The van der Waals surface area contributed by atoms with E-state index in [0.29, 0.717) is 10.7 Å². The van der Waals surface area contributed by atoms with Gasteiger partial charge in [0.1, 0.15) is 0 Å². The number of halogens is 1. The summed E-state index contributed by atoms with van der Waals surface area (Å²) in [6, 6.07) is 0. The van der Waals surface area contributed by atoms with Gasteiger partial charge in [-0.3, -0.25) is 0 Å². The summed E-state index contributed by atoms with van der Waals surface area (Å²) in [6.07, 6.45) is 15.7. The second-order valence-electron chi connectivity index (χ2n) is 7.87. The summed E-state index contributed by atoms with van der Waals surface area (Å²) >= 11 is 0. The third-order valence-electron chi connectivity index (χ3n) is 5.21. The van der Waals surface area contributed by atoms with Crippen LogP contribution in [0.25, 0.3) is 0 Å². The zero-order chi connectivity index (χ0) is 19.7. The molecule has 0 amide bonds. The first-order valence-corrected chi connectivity index (χ1v) is 12.4. The Morgan fingerprint density at radius 2 is 1.19 bits per heavy atom. The second kappa shape index (κ2) is 18.3. The van der Waals surface area contributed by atoms with E-state index in [0.717, 1.165) is 26.0 Å². The van der Waals surface area contributed by atoms with Gasteiger partial charge in [0.15, 0.2) is 0 Å².